The molecule has 1 fully saturated rings. The van der Waals surface area contributed by atoms with Gasteiger partial charge in [0.2, 0.25) is 5.95 Å². The summed E-state index contributed by atoms with van der Waals surface area (Å²) in [7, 11) is 1.90. The van der Waals surface area contributed by atoms with Gasteiger partial charge in [0.25, 0.3) is 5.91 Å². The van der Waals surface area contributed by atoms with Crippen LogP contribution in [-0.4, -0.2) is 45.3 Å². The number of imidazole rings is 1. The lowest BCUT2D eigenvalue weighted by Crippen LogP contribution is -2.44. The highest BCUT2D eigenvalue weighted by Crippen LogP contribution is 2.39. The Labute approximate surface area is 150 Å². The van der Waals surface area contributed by atoms with Crippen molar-refractivity contribution < 1.29 is 4.79 Å². The topological polar surface area (TPSA) is 62.5 Å². The molecule has 1 aliphatic heterocycles. The third-order valence-electron chi connectivity index (χ3n) is 5.11. The Hall–Kier alpha value is -2.41. The molecule has 1 saturated heterocycles. The van der Waals surface area contributed by atoms with E-state index >= 15 is 0 Å². The zero-order valence-corrected chi connectivity index (χ0v) is 15.2. The Kier molecular flexibility index (Phi) is 3.95. The van der Waals surface area contributed by atoms with E-state index in [1.54, 1.807) is 29.8 Å². The number of piperidine rings is 1. The van der Waals surface area contributed by atoms with Crippen LogP contribution in [0.15, 0.2) is 36.1 Å². The van der Waals surface area contributed by atoms with Crippen LogP contribution in [0.2, 0.25) is 0 Å². The standard InChI is InChI=1S/C18H21N5OS/c1-18(14-16-23(10-11-25-16)17(19-2)21-14)5-8-22(9-6-18)15(24)13-4-3-7-20-12-13/h3-4,7,10-12H,5-6,8-9H2,1-2H3,(H,19,21). The predicted octanol–water partition coefficient (Wildman–Crippen LogP) is 3.03. The van der Waals surface area contributed by atoms with Crippen LogP contribution < -0.4 is 5.32 Å². The van der Waals surface area contributed by atoms with Gasteiger partial charge in [0.15, 0.2) is 0 Å². The van der Waals surface area contributed by atoms with Gasteiger partial charge in [0.1, 0.15) is 4.83 Å². The molecule has 0 aliphatic carbocycles. The van der Waals surface area contributed by atoms with E-state index in [1.807, 2.05) is 24.2 Å². The maximum atomic E-state index is 12.6. The number of nitrogens with zero attached hydrogens (tertiary/aromatic N) is 4. The Morgan fingerprint density at radius 2 is 2.16 bits per heavy atom. The summed E-state index contributed by atoms with van der Waals surface area (Å²) in [5.74, 6) is 0.943. The number of fused-ring (bicyclic) bond motifs is 1. The number of carbonyl (C=O) groups excluding carboxylic acids is 1. The zero-order valence-electron chi connectivity index (χ0n) is 14.4. The summed E-state index contributed by atoms with van der Waals surface area (Å²) in [6, 6.07) is 3.63. The van der Waals surface area contributed by atoms with Gasteiger partial charge in [0, 0.05) is 49.5 Å². The van der Waals surface area contributed by atoms with Crippen LogP contribution in [0.5, 0.6) is 0 Å². The first-order chi connectivity index (χ1) is 12.1. The Bertz CT molecular complexity index is 893. The molecule has 0 radical (unpaired) electrons. The number of carbonyl (C=O) groups is 1. The number of pyridine rings is 1. The van der Waals surface area contributed by atoms with Crippen molar-refractivity contribution in [3.05, 3.63) is 47.4 Å². The molecule has 1 aliphatic rings. The summed E-state index contributed by atoms with van der Waals surface area (Å²) in [4.78, 5) is 24.6. The summed E-state index contributed by atoms with van der Waals surface area (Å²) in [5.41, 5.74) is 1.78. The second-order valence-electron chi connectivity index (χ2n) is 6.71. The number of thiazole rings is 1. The first-order valence-corrected chi connectivity index (χ1v) is 9.33. The van der Waals surface area contributed by atoms with Crippen LogP contribution in [0.1, 0.15) is 35.8 Å². The van der Waals surface area contributed by atoms with Crippen molar-refractivity contribution in [3.63, 3.8) is 0 Å². The molecule has 0 bridgehead atoms. The second kappa shape index (κ2) is 6.15. The van der Waals surface area contributed by atoms with Gasteiger partial charge in [-0.05, 0) is 25.0 Å². The molecule has 6 nitrogen and oxygen atoms in total. The molecule has 0 spiro atoms. The summed E-state index contributed by atoms with van der Waals surface area (Å²) in [6.07, 6.45) is 7.19. The lowest BCUT2D eigenvalue weighted by atomic mass is 9.77. The molecule has 7 heteroatoms. The van der Waals surface area contributed by atoms with Crippen LogP contribution in [0.3, 0.4) is 0 Å². The van der Waals surface area contributed by atoms with Gasteiger partial charge in [-0.25, -0.2) is 4.98 Å². The van der Waals surface area contributed by atoms with Crippen LogP contribution in [0.4, 0.5) is 5.95 Å². The number of nitrogens with one attached hydrogen (secondary N) is 1. The molecule has 3 aromatic rings. The number of rotatable bonds is 3. The number of amides is 1. The van der Waals surface area contributed by atoms with Crippen LogP contribution >= 0.6 is 11.3 Å². The molecule has 0 saturated carbocycles. The minimum atomic E-state index is -0.0169. The van der Waals surface area contributed by atoms with E-state index in [0.717, 1.165) is 37.6 Å². The molecule has 0 unspecified atom stereocenters. The first kappa shape index (κ1) is 16.1. The minimum absolute atomic E-state index is 0.0169. The number of hydrogen-bond donors (Lipinski definition) is 1. The van der Waals surface area contributed by atoms with E-state index in [2.05, 4.69) is 27.0 Å². The third-order valence-corrected chi connectivity index (χ3v) is 5.99. The SMILES string of the molecule is CNc1nc(C2(C)CCN(C(=O)c3cccnc3)CC2)c2sccn12. The normalized spacial score (nSPS) is 17.0. The molecular weight excluding hydrogens is 334 g/mol. The van der Waals surface area contributed by atoms with Crippen molar-refractivity contribution in [2.45, 2.75) is 25.2 Å². The Balaban J connectivity index is 1.56. The fourth-order valence-electron chi connectivity index (χ4n) is 3.51. The van der Waals surface area contributed by atoms with Crippen LogP contribution in [-0.2, 0) is 5.41 Å². The maximum Gasteiger partial charge on any atom is 0.255 e. The van der Waals surface area contributed by atoms with Crippen LogP contribution in [0.25, 0.3) is 4.83 Å². The number of likely N-dealkylation sites (tertiary alicyclic amines) is 1. The molecule has 0 atom stereocenters. The van der Waals surface area contributed by atoms with E-state index in [9.17, 15) is 4.79 Å². The van der Waals surface area contributed by atoms with Gasteiger partial charge in [-0.2, -0.15) is 0 Å². The molecule has 0 aromatic carbocycles. The van der Waals surface area contributed by atoms with E-state index in [-0.39, 0.29) is 11.3 Å². The van der Waals surface area contributed by atoms with Crippen molar-refractivity contribution in [1.82, 2.24) is 19.3 Å². The minimum Gasteiger partial charge on any atom is -0.358 e. The maximum absolute atomic E-state index is 12.6. The summed E-state index contributed by atoms with van der Waals surface area (Å²) >= 11 is 1.72. The van der Waals surface area contributed by atoms with Crippen molar-refractivity contribution in [1.29, 1.82) is 0 Å². The van der Waals surface area contributed by atoms with Crippen molar-refractivity contribution in [3.8, 4) is 0 Å². The number of anilines is 1. The lowest BCUT2D eigenvalue weighted by molar-refractivity contribution is 0.0674. The molecular formula is C18H21N5OS. The molecule has 130 valence electrons. The van der Waals surface area contributed by atoms with Gasteiger partial charge in [-0.1, -0.05) is 6.92 Å². The fourth-order valence-corrected chi connectivity index (χ4v) is 4.48. The number of aromatic nitrogens is 3. The van der Waals surface area contributed by atoms with E-state index in [0.29, 0.717) is 5.56 Å². The van der Waals surface area contributed by atoms with Gasteiger partial charge in [-0.3, -0.25) is 14.2 Å². The summed E-state index contributed by atoms with van der Waals surface area (Å²) < 4.78 is 2.11. The zero-order chi connectivity index (χ0) is 17.4. The van der Waals surface area contributed by atoms with E-state index in [4.69, 9.17) is 4.98 Å². The Morgan fingerprint density at radius 3 is 2.84 bits per heavy atom. The summed E-state index contributed by atoms with van der Waals surface area (Å²) in [6.45, 7) is 3.74. The third kappa shape index (κ3) is 2.68. The largest absolute Gasteiger partial charge is 0.358 e. The molecule has 25 heavy (non-hydrogen) atoms. The van der Waals surface area contributed by atoms with Gasteiger partial charge >= 0.3 is 0 Å². The second-order valence-corrected chi connectivity index (χ2v) is 7.60. The molecule has 3 aromatic heterocycles. The highest BCUT2D eigenvalue weighted by atomic mass is 32.1. The molecule has 4 rings (SSSR count). The molecule has 4 heterocycles. The number of hydrogen-bond acceptors (Lipinski definition) is 5. The molecule has 1 N–H and O–H groups in total. The van der Waals surface area contributed by atoms with Crippen molar-refractivity contribution in [2.24, 2.45) is 0 Å². The molecule has 1 amide bonds. The van der Waals surface area contributed by atoms with E-state index < -0.39 is 0 Å². The monoisotopic (exact) mass is 355 g/mol. The first-order valence-electron chi connectivity index (χ1n) is 8.45. The highest BCUT2D eigenvalue weighted by Gasteiger charge is 2.37. The van der Waals surface area contributed by atoms with Crippen molar-refractivity contribution in [2.75, 3.05) is 25.5 Å². The van der Waals surface area contributed by atoms with Crippen molar-refractivity contribution >= 4 is 28.0 Å². The van der Waals surface area contributed by atoms with Gasteiger partial charge in [-0.15, -0.1) is 11.3 Å². The van der Waals surface area contributed by atoms with Gasteiger partial charge in [0.05, 0.1) is 11.3 Å². The van der Waals surface area contributed by atoms with Gasteiger partial charge < -0.3 is 10.2 Å². The summed E-state index contributed by atoms with van der Waals surface area (Å²) in [5, 5.41) is 5.26. The Morgan fingerprint density at radius 1 is 1.36 bits per heavy atom. The smallest absolute Gasteiger partial charge is 0.255 e. The van der Waals surface area contributed by atoms with E-state index in [1.165, 1.54) is 4.83 Å². The fraction of sp³-hybridized carbons (Fsp3) is 0.389. The average molecular weight is 355 g/mol. The van der Waals surface area contributed by atoms with Crippen LogP contribution in [0, 0.1) is 0 Å². The highest BCUT2D eigenvalue weighted by molar-refractivity contribution is 7.15. The predicted molar refractivity (Wildman–Crippen MR) is 99.3 cm³/mol. The average Bonchev–Trinajstić information content (AvgIpc) is 3.25. The lowest BCUT2D eigenvalue weighted by Gasteiger charge is -2.38. The quantitative estimate of drug-likeness (QED) is 0.784.